The number of amides is 1. The van der Waals surface area contributed by atoms with Gasteiger partial charge in [0.1, 0.15) is 30.0 Å². The van der Waals surface area contributed by atoms with Crippen molar-refractivity contribution in [3.63, 3.8) is 0 Å². The van der Waals surface area contributed by atoms with E-state index >= 15 is 0 Å². The third-order valence-electron chi connectivity index (χ3n) is 5.54. The highest BCUT2D eigenvalue weighted by Crippen LogP contribution is 2.34. The fourth-order valence-electron chi connectivity index (χ4n) is 3.66. The van der Waals surface area contributed by atoms with E-state index in [0.717, 1.165) is 0 Å². The van der Waals surface area contributed by atoms with E-state index < -0.39 is 5.82 Å². The molecular weight excluding hydrogens is 485 g/mol. The Labute approximate surface area is 211 Å². The van der Waals surface area contributed by atoms with Gasteiger partial charge in [-0.15, -0.1) is 0 Å². The highest BCUT2D eigenvalue weighted by Gasteiger charge is 2.17. The molecule has 0 bridgehead atoms. The molecule has 0 unspecified atom stereocenters. The summed E-state index contributed by atoms with van der Waals surface area (Å²) in [6.45, 7) is 0.131. The van der Waals surface area contributed by atoms with E-state index in [1.165, 1.54) is 29.3 Å². The van der Waals surface area contributed by atoms with Crippen molar-refractivity contribution < 1.29 is 18.7 Å². The summed E-state index contributed by atoms with van der Waals surface area (Å²) in [5.74, 6) is 0.404. The van der Waals surface area contributed by atoms with Gasteiger partial charge in [0.25, 0.3) is 0 Å². The molecule has 4 aromatic rings. The standard InChI is InChI=1S/C26H23ClFN5O3/c1-33(2)24(35)8-15-7-18(30-13-19-4-5-20(14-34)36-19)9-21-25(15)31-12-16(11-29)26(21)32-17-3-6-23(28)22(27)10-17/h3-7,9-10,12,30,34H,8,13-14H2,1-2H3,(H,31,32). The molecule has 2 aromatic heterocycles. The van der Waals surface area contributed by atoms with Crippen molar-refractivity contribution >= 4 is 45.5 Å². The SMILES string of the molecule is CN(C)C(=O)Cc1cc(NCc2ccc(CO)o2)cc2c(Nc3ccc(F)c(Cl)c3)c(C#N)cnc12. The number of furan rings is 1. The number of halogens is 2. The van der Waals surface area contributed by atoms with Gasteiger partial charge in [-0.3, -0.25) is 9.78 Å². The lowest BCUT2D eigenvalue weighted by Gasteiger charge is -2.17. The van der Waals surface area contributed by atoms with E-state index in [9.17, 15) is 19.6 Å². The van der Waals surface area contributed by atoms with E-state index in [1.807, 2.05) is 12.1 Å². The van der Waals surface area contributed by atoms with E-state index in [4.69, 9.17) is 16.0 Å². The molecule has 0 radical (unpaired) electrons. The second-order valence-corrected chi connectivity index (χ2v) is 8.70. The molecular formula is C26H23ClFN5O3. The molecule has 4 rings (SSSR count). The summed E-state index contributed by atoms with van der Waals surface area (Å²) >= 11 is 5.95. The molecule has 0 spiro atoms. The zero-order chi connectivity index (χ0) is 25.8. The molecule has 3 N–H and O–H groups in total. The number of benzene rings is 2. The maximum absolute atomic E-state index is 13.7. The number of nitrogens with zero attached hydrogens (tertiary/aromatic N) is 3. The van der Waals surface area contributed by atoms with Crippen molar-refractivity contribution in [1.82, 2.24) is 9.88 Å². The first-order valence-electron chi connectivity index (χ1n) is 11.0. The molecule has 0 saturated carbocycles. The molecule has 2 aromatic carbocycles. The number of pyridine rings is 1. The van der Waals surface area contributed by atoms with Gasteiger partial charge in [-0.25, -0.2) is 4.39 Å². The molecule has 0 fully saturated rings. The molecule has 1 amide bonds. The monoisotopic (exact) mass is 507 g/mol. The number of rotatable bonds is 8. The first kappa shape index (κ1) is 25.0. The van der Waals surface area contributed by atoms with Crippen LogP contribution in [0, 0.1) is 17.1 Å². The number of hydrogen-bond donors (Lipinski definition) is 3. The largest absolute Gasteiger partial charge is 0.462 e. The molecule has 184 valence electrons. The van der Waals surface area contributed by atoms with Crippen LogP contribution >= 0.6 is 11.6 Å². The molecule has 0 aliphatic carbocycles. The first-order chi connectivity index (χ1) is 17.3. The lowest BCUT2D eigenvalue weighted by molar-refractivity contribution is -0.127. The van der Waals surface area contributed by atoms with Crippen LogP contribution in [0.15, 0.2) is 53.1 Å². The molecule has 0 saturated heterocycles. The Balaban J connectivity index is 1.81. The van der Waals surface area contributed by atoms with Gasteiger partial charge in [0, 0.05) is 37.1 Å². The van der Waals surface area contributed by atoms with Crippen LogP contribution in [-0.4, -0.2) is 35.0 Å². The van der Waals surface area contributed by atoms with Crippen molar-refractivity contribution in [3.05, 3.63) is 82.1 Å². The first-order valence-corrected chi connectivity index (χ1v) is 11.4. The molecule has 2 heterocycles. The number of aliphatic hydroxyl groups excluding tert-OH is 1. The van der Waals surface area contributed by atoms with Crippen molar-refractivity contribution in [2.24, 2.45) is 0 Å². The van der Waals surface area contributed by atoms with Gasteiger partial charge < -0.3 is 25.1 Å². The van der Waals surface area contributed by atoms with Crippen molar-refractivity contribution in [2.75, 3.05) is 24.7 Å². The Morgan fingerprint density at radius 1 is 1.19 bits per heavy atom. The highest BCUT2D eigenvalue weighted by molar-refractivity contribution is 6.31. The van der Waals surface area contributed by atoms with Crippen LogP contribution in [0.2, 0.25) is 5.02 Å². The number of aromatic nitrogens is 1. The summed E-state index contributed by atoms with van der Waals surface area (Å²) < 4.78 is 19.2. The predicted molar refractivity (Wildman–Crippen MR) is 136 cm³/mol. The number of anilines is 3. The van der Waals surface area contributed by atoms with E-state index in [-0.39, 0.29) is 29.5 Å². The fourth-order valence-corrected chi connectivity index (χ4v) is 3.84. The number of aliphatic hydroxyl groups is 1. The number of nitrogens with one attached hydrogen (secondary N) is 2. The maximum atomic E-state index is 13.7. The number of nitriles is 1. The quantitative estimate of drug-likeness (QED) is 0.308. The van der Waals surface area contributed by atoms with Crippen LogP contribution in [0.5, 0.6) is 0 Å². The molecule has 8 nitrogen and oxygen atoms in total. The van der Waals surface area contributed by atoms with Gasteiger partial charge in [-0.2, -0.15) is 5.26 Å². The van der Waals surface area contributed by atoms with Crippen molar-refractivity contribution in [3.8, 4) is 6.07 Å². The van der Waals surface area contributed by atoms with Crippen LogP contribution in [0.25, 0.3) is 10.9 Å². The summed E-state index contributed by atoms with van der Waals surface area (Å²) in [4.78, 5) is 18.5. The number of fused-ring (bicyclic) bond motifs is 1. The third kappa shape index (κ3) is 5.40. The molecule has 0 atom stereocenters. The lowest BCUT2D eigenvalue weighted by Crippen LogP contribution is -2.23. The minimum atomic E-state index is -0.555. The van der Waals surface area contributed by atoms with Crippen molar-refractivity contribution in [2.45, 2.75) is 19.6 Å². The second kappa shape index (κ2) is 10.6. The molecule has 36 heavy (non-hydrogen) atoms. The summed E-state index contributed by atoms with van der Waals surface area (Å²) in [6.07, 6.45) is 1.53. The van der Waals surface area contributed by atoms with Gasteiger partial charge in [-0.1, -0.05) is 11.6 Å². The minimum absolute atomic E-state index is 0.0582. The topological polar surface area (TPSA) is 114 Å². The van der Waals surface area contributed by atoms with E-state index in [2.05, 4.69) is 21.7 Å². The van der Waals surface area contributed by atoms with Gasteiger partial charge in [0.05, 0.1) is 34.8 Å². The fraction of sp³-hybridized carbons (Fsp3) is 0.192. The highest BCUT2D eigenvalue weighted by atomic mass is 35.5. The molecule has 10 heteroatoms. The van der Waals surface area contributed by atoms with Crippen LogP contribution in [0.1, 0.15) is 22.6 Å². The van der Waals surface area contributed by atoms with Gasteiger partial charge in [0.2, 0.25) is 5.91 Å². The van der Waals surface area contributed by atoms with Crippen LogP contribution < -0.4 is 10.6 Å². The van der Waals surface area contributed by atoms with Crippen LogP contribution in [-0.2, 0) is 24.4 Å². The predicted octanol–water partition coefficient (Wildman–Crippen LogP) is 4.97. The van der Waals surface area contributed by atoms with E-state index in [0.29, 0.717) is 51.6 Å². The lowest BCUT2D eigenvalue weighted by atomic mass is 10.0. The summed E-state index contributed by atoms with van der Waals surface area (Å²) in [5.41, 5.74) is 3.08. The number of hydrogen-bond acceptors (Lipinski definition) is 7. The summed E-state index contributed by atoms with van der Waals surface area (Å²) in [7, 11) is 3.35. The minimum Gasteiger partial charge on any atom is -0.462 e. The zero-order valence-electron chi connectivity index (χ0n) is 19.6. The molecule has 0 aliphatic heterocycles. The van der Waals surface area contributed by atoms with Crippen LogP contribution in [0.4, 0.5) is 21.5 Å². The van der Waals surface area contributed by atoms with Crippen LogP contribution in [0.3, 0.4) is 0 Å². The Hall–Kier alpha value is -4.13. The Bertz CT molecular complexity index is 1480. The number of likely N-dealkylation sites (N-methyl/N-ethyl adjacent to an activating group) is 1. The zero-order valence-corrected chi connectivity index (χ0v) is 20.4. The van der Waals surface area contributed by atoms with Gasteiger partial charge in [-0.05, 0) is 48.0 Å². The number of carbonyl (C=O) groups is 1. The van der Waals surface area contributed by atoms with Crippen molar-refractivity contribution in [1.29, 1.82) is 5.26 Å². The Morgan fingerprint density at radius 2 is 1.97 bits per heavy atom. The van der Waals surface area contributed by atoms with Gasteiger partial charge in [0.15, 0.2) is 0 Å². The normalized spacial score (nSPS) is 10.8. The molecule has 0 aliphatic rings. The smallest absolute Gasteiger partial charge is 0.226 e. The average molecular weight is 508 g/mol. The van der Waals surface area contributed by atoms with E-state index in [1.54, 1.807) is 26.2 Å². The summed E-state index contributed by atoms with van der Waals surface area (Å²) in [5, 5.41) is 26.0. The maximum Gasteiger partial charge on any atom is 0.226 e. The van der Waals surface area contributed by atoms with Gasteiger partial charge >= 0.3 is 0 Å². The average Bonchev–Trinajstić information content (AvgIpc) is 3.33. The summed E-state index contributed by atoms with van der Waals surface area (Å²) in [6, 6.07) is 13.4. The Kier molecular flexibility index (Phi) is 7.38. The third-order valence-corrected chi connectivity index (χ3v) is 5.83. The second-order valence-electron chi connectivity index (χ2n) is 8.29. The Morgan fingerprint density at radius 3 is 2.64 bits per heavy atom. The number of carbonyl (C=O) groups excluding carboxylic acids is 1.